The van der Waals surface area contributed by atoms with Crippen LogP contribution in [0.3, 0.4) is 0 Å². The van der Waals surface area contributed by atoms with Gasteiger partial charge in [-0.3, -0.25) is 0 Å². The Morgan fingerprint density at radius 2 is 1.53 bits per heavy atom. The lowest BCUT2D eigenvalue weighted by molar-refractivity contribution is 1.17. The summed E-state index contributed by atoms with van der Waals surface area (Å²) in [6.07, 6.45) is 0. The van der Waals surface area contributed by atoms with Crippen molar-refractivity contribution >= 4 is 33.0 Å². The van der Waals surface area contributed by atoms with Gasteiger partial charge in [-0.1, -0.05) is 22.0 Å². The van der Waals surface area contributed by atoms with Gasteiger partial charge in [-0.2, -0.15) is 0 Å². The number of aryl methyl sites for hydroxylation is 3. The van der Waals surface area contributed by atoms with Gasteiger partial charge in [-0.05, 0) is 61.7 Å². The largest absolute Gasteiger partial charge is 0.397 e. The molecule has 2 aromatic carbocycles. The first-order valence-electron chi connectivity index (χ1n) is 6.26. The van der Waals surface area contributed by atoms with Gasteiger partial charge in [0.05, 0.1) is 11.4 Å². The predicted octanol–water partition coefficient (Wildman–Crippen LogP) is 4.72. The average Bonchev–Trinajstić information content (AvgIpc) is 2.36. The molecule has 0 spiro atoms. The minimum Gasteiger partial charge on any atom is -0.397 e. The molecule has 0 fully saturated rings. The topological polar surface area (TPSA) is 29.3 Å². The summed E-state index contributed by atoms with van der Waals surface area (Å²) in [7, 11) is 2.05. The van der Waals surface area contributed by atoms with Gasteiger partial charge in [-0.25, -0.2) is 0 Å². The lowest BCUT2D eigenvalue weighted by Crippen LogP contribution is -2.13. The molecule has 0 atom stereocenters. The van der Waals surface area contributed by atoms with Crippen LogP contribution in [0.4, 0.5) is 17.1 Å². The first kappa shape index (κ1) is 13.9. The van der Waals surface area contributed by atoms with E-state index in [-0.39, 0.29) is 0 Å². The van der Waals surface area contributed by atoms with Crippen molar-refractivity contribution in [2.45, 2.75) is 20.8 Å². The third-order valence-corrected chi connectivity index (χ3v) is 4.03. The van der Waals surface area contributed by atoms with E-state index in [9.17, 15) is 0 Å². The van der Waals surface area contributed by atoms with Crippen molar-refractivity contribution < 1.29 is 0 Å². The molecular weight excluding hydrogens is 300 g/mol. The van der Waals surface area contributed by atoms with Gasteiger partial charge in [0.25, 0.3) is 0 Å². The van der Waals surface area contributed by atoms with Gasteiger partial charge in [0.15, 0.2) is 0 Å². The molecule has 0 aliphatic heterocycles. The Hall–Kier alpha value is -1.48. The summed E-state index contributed by atoms with van der Waals surface area (Å²) in [6, 6.07) is 10.5. The van der Waals surface area contributed by atoms with E-state index in [2.05, 4.69) is 72.9 Å². The minimum absolute atomic E-state index is 0.810. The van der Waals surface area contributed by atoms with Crippen LogP contribution >= 0.6 is 15.9 Å². The number of benzene rings is 2. The Labute approximate surface area is 123 Å². The standard InChI is InChI=1S/C16H19BrN2/c1-10-5-6-13(17)9-15(10)19(4)16-8-12(3)11(2)7-14(16)18/h5-9H,18H2,1-4H3. The molecule has 0 bridgehead atoms. The van der Waals surface area contributed by atoms with Crippen molar-refractivity contribution in [2.75, 3.05) is 17.7 Å². The number of nitrogens with zero attached hydrogens (tertiary/aromatic N) is 1. The van der Waals surface area contributed by atoms with Gasteiger partial charge in [0.2, 0.25) is 0 Å². The summed E-state index contributed by atoms with van der Waals surface area (Å²) in [5.41, 5.74) is 12.9. The molecule has 2 N–H and O–H groups in total. The average molecular weight is 319 g/mol. The Morgan fingerprint density at radius 3 is 2.21 bits per heavy atom. The highest BCUT2D eigenvalue weighted by atomic mass is 79.9. The second-order valence-corrected chi connectivity index (χ2v) is 5.90. The Bertz CT molecular complexity index is 620. The molecule has 0 saturated heterocycles. The maximum atomic E-state index is 6.16. The summed E-state index contributed by atoms with van der Waals surface area (Å²) in [4.78, 5) is 2.14. The fraction of sp³-hybridized carbons (Fsp3) is 0.250. The minimum atomic E-state index is 0.810. The molecule has 100 valence electrons. The van der Waals surface area contributed by atoms with E-state index >= 15 is 0 Å². The van der Waals surface area contributed by atoms with E-state index in [1.807, 2.05) is 6.07 Å². The van der Waals surface area contributed by atoms with Gasteiger partial charge in [0.1, 0.15) is 0 Å². The lowest BCUT2D eigenvalue weighted by atomic mass is 10.1. The molecule has 0 radical (unpaired) electrons. The van der Waals surface area contributed by atoms with E-state index in [0.29, 0.717) is 0 Å². The van der Waals surface area contributed by atoms with Gasteiger partial charge < -0.3 is 10.6 Å². The summed E-state index contributed by atoms with van der Waals surface area (Å²) < 4.78 is 1.07. The predicted molar refractivity (Wildman–Crippen MR) is 87.3 cm³/mol. The van der Waals surface area contributed by atoms with E-state index in [1.165, 1.54) is 16.7 Å². The van der Waals surface area contributed by atoms with Gasteiger partial charge >= 0.3 is 0 Å². The molecule has 0 heterocycles. The Morgan fingerprint density at radius 1 is 0.895 bits per heavy atom. The zero-order valence-electron chi connectivity index (χ0n) is 11.8. The van der Waals surface area contributed by atoms with Crippen LogP contribution in [-0.4, -0.2) is 7.05 Å². The normalized spacial score (nSPS) is 10.6. The van der Waals surface area contributed by atoms with Crippen molar-refractivity contribution in [3.05, 3.63) is 51.5 Å². The van der Waals surface area contributed by atoms with Crippen LogP contribution in [0.2, 0.25) is 0 Å². The monoisotopic (exact) mass is 318 g/mol. The van der Waals surface area contributed by atoms with Crippen LogP contribution in [0, 0.1) is 20.8 Å². The van der Waals surface area contributed by atoms with Gasteiger partial charge in [-0.15, -0.1) is 0 Å². The molecule has 2 nitrogen and oxygen atoms in total. The second kappa shape index (κ2) is 5.25. The fourth-order valence-electron chi connectivity index (χ4n) is 2.19. The molecule has 0 saturated carbocycles. The number of hydrogen-bond acceptors (Lipinski definition) is 2. The molecule has 2 aromatic rings. The van der Waals surface area contributed by atoms with Crippen LogP contribution in [0.15, 0.2) is 34.8 Å². The molecule has 0 unspecified atom stereocenters. The highest BCUT2D eigenvalue weighted by Crippen LogP contribution is 2.34. The smallest absolute Gasteiger partial charge is 0.0644 e. The zero-order valence-corrected chi connectivity index (χ0v) is 13.4. The highest BCUT2D eigenvalue weighted by molar-refractivity contribution is 9.10. The van der Waals surface area contributed by atoms with Crippen molar-refractivity contribution in [3.63, 3.8) is 0 Å². The summed E-state index contributed by atoms with van der Waals surface area (Å²) in [6.45, 7) is 6.30. The second-order valence-electron chi connectivity index (χ2n) is 4.99. The first-order valence-corrected chi connectivity index (χ1v) is 7.06. The number of hydrogen-bond donors (Lipinski definition) is 1. The molecule has 0 amide bonds. The quantitative estimate of drug-likeness (QED) is 0.811. The van der Waals surface area contributed by atoms with E-state index in [0.717, 1.165) is 21.5 Å². The van der Waals surface area contributed by atoms with Crippen molar-refractivity contribution in [3.8, 4) is 0 Å². The van der Waals surface area contributed by atoms with Crippen molar-refractivity contribution in [1.82, 2.24) is 0 Å². The maximum Gasteiger partial charge on any atom is 0.0644 e. The maximum absolute atomic E-state index is 6.16. The Kier molecular flexibility index (Phi) is 3.85. The molecule has 3 heteroatoms. The molecule has 19 heavy (non-hydrogen) atoms. The third-order valence-electron chi connectivity index (χ3n) is 3.54. The zero-order chi connectivity index (χ0) is 14.2. The third kappa shape index (κ3) is 2.76. The van der Waals surface area contributed by atoms with E-state index in [4.69, 9.17) is 5.73 Å². The Balaban J connectivity index is 2.52. The SMILES string of the molecule is Cc1cc(N)c(N(C)c2cc(Br)ccc2C)cc1C. The number of rotatable bonds is 2. The van der Waals surface area contributed by atoms with E-state index in [1.54, 1.807) is 0 Å². The molecule has 2 rings (SSSR count). The summed E-state index contributed by atoms with van der Waals surface area (Å²) >= 11 is 3.52. The number of anilines is 3. The van der Waals surface area contributed by atoms with Crippen LogP contribution in [0.25, 0.3) is 0 Å². The molecule has 0 aliphatic carbocycles. The van der Waals surface area contributed by atoms with Crippen LogP contribution in [-0.2, 0) is 0 Å². The first-order chi connectivity index (χ1) is 8.90. The van der Waals surface area contributed by atoms with Crippen LogP contribution in [0.5, 0.6) is 0 Å². The molecule has 0 aliphatic rings. The summed E-state index contributed by atoms with van der Waals surface area (Å²) in [5, 5.41) is 0. The molecular formula is C16H19BrN2. The van der Waals surface area contributed by atoms with Crippen molar-refractivity contribution in [1.29, 1.82) is 0 Å². The fourth-order valence-corrected chi connectivity index (χ4v) is 2.54. The highest BCUT2D eigenvalue weighted by Gasteiger charge is 2.11. The van der Waals surface area contributed by atoms with Gasteiger partial charge in [0, 0.05) is 17.2 Å². The van der Waals surface area contributed by atoms with Crippen LogP contribution in [0.1, 0.15) is 16.7 Å². The van der Waals surface area contributed by atoms with E-state index < -0.39 is 0 Å². The van der Waals surface area contributed by atoms with Crippen molar-refractivity contribution in [2.24, 2.45) is 0 Å². The number of nitrogens with two attached hydrogens (primary N) is 1. The summed E-state index contributed by atoms with van der Waals surface area (Å²) in [5.74, 6) is 0. The lowest BCUT2D eigenvalue weighted by Gasteiger charge is -2.24. The number of halogens is 1. The molecule has 0 aromatic heterocycles. The van der Waals surface area contributed by atoms with Crippen LogP contribution < -0.4 is 10.6 Å². The number of nitrogen functional groups attached to an aromatic ring is 1.